The Morgan fingerprint density at radius 2 is 1.75 bits per heavy atom. The molecule has 0 spiro atoms. The van der Waals surface area contributed by atoms with E-state index in [0.29, 0.717) is 6.42 Å². The van der Waals surface area contributed by atoms with Crippen molar-refractivity contribution in [3.8, 4) is 0 Å². The minimum absolute atomic E-state index is 0.0988. The lowest BCUT2D eigenvalue weighted by Gasteiger charge is -2.33. The summed E-state index contributed by atoms with van der Waals surface area (Å²) in [6.45, 7) is 2.20. The predicted octanol–water partition coefficient (Wildman–Crippen LogP) is 3.66. The second-order valence-electron chi connectivity index (χ2n) is 5.98. The maximum absolute atomic E-state index is 12.5. The average Bonchev–Trinajstić information content (AvgIpc) is 2.83. The van der Waals surface area contributed by atoms with Gasteiger partial charge in [0.05, 0.1) is 5.56 Å². The Kier molecular flexibility index (Phi) is 4.39. The summed E-state index contributed by atoms with van der Waals surface area (Å²) in [5.74, 6) is 5.65. The van der Waals surface area contributed by atoms with Gasteiger partial charge < -0.3 is 0 Å². The van der Waals surface area contributed by atoms with Crippen molar-refractivity contribution in [2.24, 2.45) is 11.3 Å². The zero-order valence-electron chi connectivity index (χ0n) is 11.6. The van der Waals surface area contributed by atoms with Crippen LogP contribution in [0.1, 0.15) is 43.7 Å². The van der Waals surface area contributed by atoms with Crippen molar-refractivity contribution in [2.75, 3.05) is 0 Å². The molecule has 0 aliphatic heterocycles. The van der Waals surface area contributed by atoms with E-state index in [9.17, 15) is 13.2 Å². The highest BCUT2D eigenvalue weighted by Crippen LogP contribution is 2.41. The van der Waals surface area contributed by atoms with Gasteiger partial charge in [0, 0.05) is 6.04 Å². The van der Waals surface area contributed by atoms with Gasteiger partial charge in [-0.25, -0.2) is 0 Å². The zero-order valence-corrected chi connectivity index (χ0v) is 11.6. The van der Waals surface area contributed by atoms with Gasteiger partial charge in [0.1, 0.15) is 0 Å². The van der Waals surface area contributed by atoms with E-state index in [4.69, 9.17) is 5.84 Å². The van der Waals surface area contributed by atoms with Crippen molar-refractivity contribution < 1.29 is 13.2 Å². The van der Waals surface area contributed by atoms with Gasteiger partial charge in [-0.15, -0.1) is 0 Å². The van der Waals surface area contributed by atoms with Crippen LogP contribution in [0.25, 0.3) is 0 Å². The standard InChI is InChI=1S/C15H21F3N2/c1-14(8-2-3-9-14)13(20-19)10-11-4-6-12(7-5-11)15(16,17)18/h4-7,13,20H,2-3,8-10,19H2,1H3. The van der Waals surface area contributed by atoms with Crippen LogP contribution in [0.5, 0.6) is 0 Å². The lowest BCUT2D eigenvalue weighted by Crippen LogP contribution is -2.47. The first-order chi connectivity index (χ1) is 9.35. The molecule has 0 radical (unpaired) electrons. The fraction of sp³-hybridized carbons (Fsp3) is 0.600. The number of rotatable bonds is 4. The molecule has 1 aliphatic rings. The first kappa shape index (κ1) is 15.3. The fourth-order valence-electron chi connectivity index (χ4n) is 3.10. The molecule has 0 bridgehead atoms. The molecule has 0 heterocycles. The van der Waals surface area contributed by atoms with E-state index in [1.807, 2.05) is 0 Å². The third-order valence-corrected chi connectivity index (χ3v) is 4.51. The molecule has 1 fully saturated rings. The van der Waals surface area contributed by atoms with Crippen molar-refractivity contribution in [3.63, 3.8) is 0 Å². The number of nitrogens with one attached hydrogen (secondary N) is 1. The summed E-state index contributed by atoms with van der Waals surface area (Å²) in [4.78, 5) is 0. The number of nitrogens with two attached hydrogens (primary N) is 1. The van der Waals surface area contributed by atoms with Gasteiger partial charge in [0.25, 0.3) is 0 Å². The maximum Gasteiger partial charge on any atom is 0.416 e. The van der Waals surface area contributed by atoms with Gasteiger partial charge in [0.15, 0.2) is 0 Å². The summed E-state index contributed by atoms with van der Waals surface area (Å²) in [6, 6.07) is 5.47. The topological polar surface area (TPSA) is 38.0 Å². The third-order valence-electron chi connectivity index (χ3n) is 4.51. The molecule has 1 atom stereocenters. The van der Waals surface area contributed by atoms with Crippen LogP contribution in [0.15, 0.2) is 24.3 Å². The van der Waals surface area contributed by atoms with E-state index >= 15 is 0 Å². The minimum atomic E-state index is -4.28. The lowest BCUT2D eigenvalue weighted by atomic mass is 9.78. The summed E-state index contributed by atoms with van der Waals surface area (Å²) in [5.41, 5.74) is 3.27. The Morgan fingerprint density at radius 1 is 1.20 bits per heavy atom. The van der Waals surface area contributed by atoms with Gasteiger partial charge >= 0.3 is 6.18 Å². The molecule has 20 heavy (non-hydrogen) atoms. The Balaban J connectivity index is 2.08. The largest absolute Gasteiger partial charge is 0.416 e. The summed E-state index contributed by atoms with van der Waals surface area (Å²) in [7, 11) is 0. The molecule has 1 aromatic carbocycles. The molecule has 0 saturated heterocycles. The quantitative estimate of drug-likeness (QED) is 0.655. The summed E-state index contributed by atoms with van der Waals surface area (Å²) >= 11 is 0. The molecule has 2 rings (SSSR count). The van der Waals surface area contributed by atoms with Gasteiger partial charge in [-0.05, 0) is 42.4 Å². The second kappa shape index (κ2) is 5.74. The van der Waals surface area contributed by atoms with Crippen LogP contribution in [-0.4, -0.2) is 6.04 Å². The van der Waals surface area contributed by atoms with E-state index in [0.717, 1.165) is 30.5 Å². The predicted molar refractivity (Wildman–Crippen MR) is 72.8 cm³/mol. The molecule has 1 aromatic rings. The van der Waals surface area contributed by atoms with Crippen molar-refractivity contribution in [3.05, 3.63) is 35.4 Å². The lowest BCUT2D eigenvalue weighted by molar-refractivity contribution is -0.137. The van der Waals surface area contributed by atoms with Crippen LogP contribution < -0.4 is 11.3 Å². The van der Waals surface area contributed by atoms with Crippen molar-refractivity contribution >= 4 is 0 Å². The molecule has 0 aromatic heterocycles. The van der Waals surface area contributed by atoms with E-state index in [1.165, 1.54) is 12.8 Å². The van der Waals surface area contributed by atoms with Crippen molar-refractivity contribution in [1.82, 2.24) is 5.43 Å². The molecular formula is C15H21F3N2. The van der Waals surface area contributed by atoms with Crippen LogP contribution >= 0.6 is 0 Å². The van der Waals surface area contributed by atoms with Gasteiger partial charge in [-0.3, -0.25) is 11.3 Å². The Labute approximate surface area is 117 Å². The smallest absolute Gasteiger partial charge is 0.271 e. The Morgan fingerprint density at radius 3 is 2.20 bits per heavy atom. The first-order valence-corrected chi connectivity index (χ1v) is 6.97. The SMILES string of the molecule is CC1(C(Cc2ccc(C(F)(F)F)cc2)NN)CCCC1. The molecule has 112 valence electrons. The van der Waals surface area contributed by atoms with Gasteiger partial charge in [-0.1, -0.05) is 31.9 Å². The normalized spacial score (nSPS) is 20.1. The molecule has 1 saturated carbocycles. The van der Waals surface area contributed by atoms with Crippen LogP contribution in [-0.2, 0) is 12.6 Å². The fourth-order valence-corrected chi connectivity index (χ4v) is 3.10. The van der Waals surface area contributed by atoms with Crippen LogP contribution in [0.4, 0.5) is 13.2 Å². The summed E-state index contributed by atoms with van der Waals surface area (Å²) in [5, 5.41) is 0. The van der Waals surface area contributed by atoms with E-state index in [-0.39, 0.29) is 11.5 Å². The molecule has 1 aliphatic carbocycles. The molecular weight excluding hydrogens is 265 g/mol. The maximum atomic E-state index is 12.5. The third kappa shape index (κ3) is 3.33. The number of benzene rings is 1. The average molecular weight is 286 g/mol. The van der Waals surface area contributed by atoms with Crippen molar-refractivity contribution in [1.29, 1.82) is 0 Å². The first-order valence-electron chi connectivity index (χ1n) is 6.97. The molecule has 0 amide bonds. The number of hydrazine groups is 1. The van der Waals surface area contributed by atoms with E-state index in [1.54, 1.807) is 12.1 Å². The van der Waals surface area contributed by atoms with Gasteiger partial charge in [0.2, 0.25) is 0 Å². The van der Waals surface area contributed by atoms with E-state index in [2.05, 4.69) is 12.3 Å². The number of alkyl halides is 3. The monoisotopic (exact) mass is 286 g/mol. The highest BCUT2D eigenvalue weighted by Gasteiger charge is 2.36. The molecule has 3 N–H and O–H groups in total. The number of hydrogen-bond acceptors (Lipinski definition) is 2. The Bertz CT molecular complexity index is 433. The molecule has 1 unspecified atom stereocenters. The second-order valence-corrected chi connectivity index (χ2v) is 5.98. The summed E-state index contributed by atoms with van der Waals surface area (Å²) < 4.78 is 37.6. The highest BCUT2D eigenvalue weighted by molar-refractivity contribution is 5.25. The Hall–Kier alpha value is -1.07. The zero-order chi connectivity index (χ0) is 14.8. The summed E-state index contributed by atoms with van der Waals surface area (Å²) in [6.07, 6.45) is 1.00. The van der Waals surface area contributed by atoms with Crippen molar-refractivity contribution in [2.45, 2.75) is 51.2 Å². The number of halogens is 3. The van der Waals surface area contributed by atoms with Crippen LogP contribution in [0.2, 0.25) is 0 Å². The molecule has 2 nitrogen and oxygen atoms in total. The highest BCUT2D eigenvalue weighted by atomic mass is 19.4. The van der Waals surface area contributed by atoms with Gasteiger partial charge in [-0.2, -0.15) is 13.2 Å². The minimum Gasteiger partial charge on any atom is -0.271 e. The molecule has 5 heteroatoms. The number of hydrogen-bond donors (Lipinski definition) is 2. The van der Waals surface area contributed by atoms with Crippen LogP contribution in [0.3, 0.4) is 0 Å². The van der Waals surface area contributed by atoms with Crippen LogP contribution in [0, 0.1) is 5.41 Å². The van der Waals surface area contributed by atoms with E-state index < -0.39 is 11.7 Å².